The van der Waals surface area contributed by atoms with E-state index in [2.05, 4.69) is 0 Å². The number of fused-ring (bicyclic) bond motifs is 1. The van der Waals surface area contributed by atoms with Gasteiger partial charge >= 0.3 is 4.87 Å². The summed E-state index contributed by atoms with van der Waals surface area (Å²) in [5.41, 5.74) is 2.12. The SMILES string of the molecule is CN(C)c1ccc2sc(=O)n(C)c2c1. The molecule has 0 saturated heterocycles. The molecule has 1 aromatic heterocycles. The van der Waals surface area contributed by atoms with Crippen molar-refractivity contribution in [2.45, 2.75) is 0 Å². The molecule has 0 N–H and O–H groups in total. The van der Waals surface area contributed by atoms with E-state index in [0.717, 1.165) is 15.9 Å². The third-order valence-electron chi connectivity index (χ3n) is 2.29. The Balaban J connectivity index is 2.76. The summed E-state index contributed by atoms with van der Waals surface area (Å²) in [7, 11) is 5.79. The van der Waals surface area contributed by atoms with Gasteiger partial charge in [0.25, 0.3) is 0 Å². The monoisotopic (exact) mass is 208 g/mol. The summed E-state index contributed by atoms with van der Waals surface area (Å²) in [4.78, 5) is 13.5. The molecule has 0 fully saturated rings. The lowest BCUT2D eigenvalue weighted by Crippen LogP contribution is -2.09. The molecule has 74 valence electrons. The summed E-state index contributed by atoms with van der Waals surface area (Å²) < 4.78 is 2.73. The molecule has 2 aromatic rings. The first-order chi connectivity index (χ1) is 6.59. The van der Waals surface area contributed by atoms with Crippen molar-refractivity contribution in [1.29, 1.82) is 0 Å². The van der Waals surface area contributed by atoms with Gasteiger partial charge in [0.15, 0.2) is 0 Å². The number of benzene rings is 1. The van der Waals surface area contributed by atoms with Gasteiger partial charge in [0.05, 0.1) is 10.2 Å². The first-order valence-corrected chi connectivity index (χ1v) is 5.18. The van der Waals surface area contributed by atoms with E-state index in [4.69, 9.17) is 0 Å². The Hall–Kier alpha value is -1.29. The van der Waals surface area contributed by atoms with Crippen molar-refractivity contribution >= 4 is 27.2 Å². The Bertz CT molecular complexity index is 524. The Labute approximate surface area is 86.2 Å². The molecule has 2 rings (SSSR count). The van der Waals surface area contributed by atoms with Crippen molar-refractivity contribution in [1.82, 2.24) is 4.57 Å². The molecule has 0 radical (unpaired) electrons. The zero-order valence-electron chi connectivity index (χ0n) is 8.44. The second-order valence-corrected chi connectivity index (χ2v) is 4.47. The number of aromatic nitrogens is 1. The molecule has 0 aliphatic rings. The molecule has 3 nitrogen and oxygen atoms in total. The zero-order chi connectivity index (χ0) is 10.3. The molecule has 0 unspecified atom stereocenters. The maximum atomic E-state index is 11.4. The molecule has 4 heteroatoms. The number of anilines is 1. The lowest BCUT2D eigenvalue weighted by molar-refractivity contribution is 0.938. The van der Waals surface area contributed by atoms with Crippen molar-refractivity contribution in [3.63, 3.8) is 0 Å². The van der Waals surface area contributed by atoms with Crippen LogP contribution < -0.4 is 9.77 Å². The average Bonchev–Trinajstić information content (AvgIpc) is 2.43. The standard InChI is InChI=1S/C10H12N2OS/c1-11(2)7-4-5-9-8(6-7)12(3)10(13)14-9/h4-6H,1-3H3. The van der Waals surface area contributed by atoms with E-state index < -0.39 is 0 Å². The van der Waals surface area contributed by atoms with E-state index in [1.54, 1.807) is 11.6 Å². The smallest absolute Gasteiger partial charge is 0.307 e. The summed E-state index contributed by atoms with van der Waals surface area (Å²) in [5.74, 6) is 0. The van der Waals surface area contributed by atoms with Crippen molar-refractivity contribution in [2.24, 2.45) is 7.05 Å². The van der Waals surface area contributed by atoms with Crippen molar-refractivity contribution in [2.75, 3.05) is 19.0 Å². The minimum absolute atomic E-state index is 0.0934. The fourth-order valence-corrected chi connectivity index (χ4v) is 2.25. The highest BCUT2D eigenvalue weighted by Gasteiger charge is 2.05. The molecule has 14 heavy (non-hydrogen) atoms. The molecule has 0 atom stereocenters. The van der Waals surface area contributed by atoms with E-state index in [1.165, 1.54) is 11.3 Å². The van der Waals surface area contributed by atoms with Gasteiger partial charge in [-0.25, -0.2) is 0 Å². The Kier molecular flexibility index (Phi) is 2.07. The van der Waals surface area contributed by atoms with Crippen LogP contribution in [0.25, 0.3) is 10.2 Å². The number of thiazole rings is 1. The first-order valence-electron chi connectivity index (χ1n) is 4.36. The number of nitrogens with zero attached hydrogens (tertiary/aromatic N) is 2. The van der Waals surface area contributed by atoms with Crippen LogP contribution in [0.2, 0.25) is 0 Å². The highest BCUT2D eigenvalue weighted by atomic mass is 32.1. The quantitative estimate of drug-likeness (QED) is 0.712. The van der Waals surface area contributed by atoms with Gasteiger partial charge < -0.3 is 9.47 Å². The van der Waals surface area contributed by atoms with Gasteiger partial charge in [0.2, 0.25) is 0 Å². The van der Waals surface area contributed by atoms with Gasteiger partial charge in [0, 0.05) is 26.8 Å². The summed E-state index contributed by atoms with van der Waals surface area (Å²) in [5, 5.41) is 0. The van der Waals surface area contributed by atoms with Gasteiger partial charge in [-0.3, -0.25) is 4.79 Å². The molecule has 0 bridgehead atoms. The molecule has 0 aliphatic heterocycles. The number of hydrogen-bond donors (Lipinski definition) is 0. The Morgan fingerprint density at radius 1 is 1.36 bits per heavy atom. The van der Waals surface area contributed by atoms with E-state index in [0.29, 0.717) is 0 Å². The van der Waals surface area contributed by atoms with Crippen LogP contribution in [-0.2, 0) is 7.05 Å². The molecule has 0 amide bonds. The van der Waals surface area contributed by atoms with Gasteiger partial charge in [-0.2, -0.15) is 0 Å². The summed E-state index contributed by atoms with van der Waals surface area (Å²) in [6.45, 7) is 0. The van der Waals surface area contributed by atoms with Crippen LogP contribution in [0.1, 0.15) is 0 Å². The maximum Gasteiger partial charge on any atom is 0.307 e. The second-order valence-electron chi connectivity index (χ2n) is 3.47. The van der Waals surface area contributed by atoms with Crippen molar-refractivity contribution in [3.8, 4) is 0 Å². The minimum atomic E-state index is 0.0934. The second kappa shape index (κ2) is 3.13. The van der Waals surface area contributed by atoms with Gasteiger partial charge in [-0.15, -0.1) is 0 Å². The first kappa shape index (κ1) is 9.27. The topological polar surface area (TPSA) is 25.2 Å². The summed E-state index contributed by atoms with van der Waals surface area (Å²) in [6, 6.07) is 6.06. The number of hydrogen-bond acceptors (Lipinski definition) is 3. The third kappa shape index (κ3) is 1.32. The molecule has 0 spiro atoms. The highest BCUT2D eigenvalue weighted by molar-refractivity contribution is 7.16. The summed E-state index contributed by atoms with van der Waals surface area (Å²) >= 11 is 1.29. The molecule has 0 saturated carbocycles. The lowest BCUT2D eigenvalue weighted by Gasteiger charge is -2.11. The summed E-state index contributed by atoms with van der Waals surface area (Å²) in [6.07, 6.45) is 0. The third-order valence-corrected chi connectivity index (χ3v) is 3.31. The maximum absolute atomic E-state index is 11.4. The fourth-order valence-electron chi connectivity index (χ4n) is 1.39. The molecule has 1 aromatic carbocycles. The van der Waals surface area contributed by atoms with E-state index >= 15 is 0 Å². The van der Waals surface area contributed by atoms with Crippen LogP contribution in [-0.4, -0.2) is 18.7 Å². The molecular formula is C10H12N2OS. The van der Waals surface area contributed by atoms with Gasteiger partial charge in [-0.05, 0) is 18.2 Å². The van der Waals surface area contributed by atoms with Crippen molar-refractivity contribution < 1.29 is 0 Å². The molecule has 1 heterocycles. The van der Waals surface area contributed by atoms with Crippen LogP contribution in [0.15, 0.2) is 23.0 Å². The van der Waals surface area contributed by atoms with Crippen LogP contribution in [0.3, 0.4) is 0 Å². The molecule has 0 aliphatic carbocycles. The normalized spacial score (nSPS) is 10.8. The van der Waals surface area contributed by atoms with Crippen LogP contribution in [0.4, 0.5) is 5.69 Å². The fraction of sp³-hybridized carbons (Fsp3) is 0.300. The Morgan fingerprint density at radius 2 is 2.07 bits per heavy atom. The Morgan fingerprint density at radius 3 is 2.71 bits per heavy atom. The predicted octanol–water partition coefficient (Wildman–Crippen LogP) is 1.67. The lowest BCUT2D eigenvalue weighted by atomic mass is 10.3. The van der Waals surface area contributed by atoms with Crippen LogP contribution in [0, 0.1) is 0 Å². The van der Waals surface area contributed by atoms with E-state index in [9.17, 15) is 4.79 Å². The van der Waals surface area contributed by atoms with Crippen LogP contribution >= 0.6 is 11.3 Å². The number of rotatable bonds is 1. The minimum Gasteiger partial charge on any atom is -0.378 e. The van der Waals surface area contributed by atoms with E-state index in [1.807, 2.05) is 37.2 Å². The van der Waals surface area contributed by atoms with Gasteiger partial charge in [-0.1, -0.05) is 11.3 Å². The highest BCUT2D eigenvalue weighted by Crippen LogP contribution is 2.21. The largest absolute Gasteiger partial charge is 0.378 e. The predicted molar refractivity (Wildman–Crippen MR) is 61.4 cm³/mol. The number of aryl methyl sites for hydroxylation is 1. The molecular weight excluding hydrogens is 196 g/mol. The van der Waals surface area contributed by atoms with Crippen LogP contribution in [0.5, 0.6) is 0 Å². The van der Waals surface area contributed by atoms with Gasteiger partial charge in [0.1, 0.15) is 0 Å². The van der Waals surface area contributed by atoms with E-state index in [-0.39, 0.29) is 4.87 Å². The average molecular weight is 208 g/mol. The zero-order valence-corrected chi connectivity index (χ0v) is 9.26. The van der Waals surface area contributed by atoms with Crippen molar-refractivity contribution in [3.05, 3.63) is 27.9 Å².